The molecule has 7 nitrogen and oxygen atoms in total. The second-order valence-electron chi connectivity index (χ2n) is 5.18. The van der Waals surface area contributed by atoms with E-state index in [4.69, 9.17) is 5.11 Å². The molecule has 0 spiro atoms. The zero-order valence-corrected chi connectivity index (χ0v) is 12.1. The van der Waals surface area contributed by atoms with Crippen LogP contribution in [-0.4, -0.2) is 27.9 Å². The Morgan fingerprint density at radius 3 is 2.48 bits per heavy atom. The van der Waals surface area contributed by atoms with Gasteiger partial charge in [0.15, 0.2) is 0 Å². The molecule has 0 aliphatic heterocycles. The topological polar surface area (TPSA) is 110 Å². The van der Waals surface area contributed by atoms with Gasteiger partial charge < -0.3 is 10.4 Å². The summed E-state index contributed by atoms with van der Waals surface area (Å²) in [7, 11) is 0. The lowest BCUT2D eigenvalue weighted by Gasteiger charge is -2.20. The second kappa shape index (κ2) is 6.83. The fraction of sp³-hybridized carbons (Fsp3) is 0.429. The van der Waals surface area contributed by atoms with Crippen LogP contribution in [-0.2, 0) is 4.79 Å². The van der Waals surface area contributed by atoms with Gasteiger partial charge in [-0.2, -0.15) is 0 Å². The Labute approximate surface area is 122 Å². The fourth-order valence-electron chi connectivity index (χ4n) is 1.84. The zero-order chi connectivity index (χ0) is 16.2. The molecule has 7 heteroatoms. The van der Waals surface area contributed by atoms with Crippen LogP contribution in [0.2, 0.25) is 0 Å². The van der Waals surface area contributed by atoms with Crippen molar-refractivity contribution in [1.82, 2.24) is 5.32 Å². The number of nitro groups is 1. The van der Waals surface area contributed by atoms with Gasteiger partial charge in [0.05, 0.1) is 11.3 Å². The number of benzene rings is 1. The van der Waals surface area contributed by atoms with E-state index in [9.17, 15) is 19.7 Å². The molecule has 0 saturated carbocycles. The zero-order valence-electron chi connectivity index (χ0n) is 12.1. The number of nitrogens with one attached hydrogen (secondary N) is 1. The Balaban J connectivity index is 2.95. The Bertz CT molecular complexity index is 568. The van der Waals surface area contributed by atoms with Gasteiger partial charge in [-0.05, 0) is 18.9 Å². The second-order valence-corrected chi connectivity index (χ2v) is 5.18. The van der Waals surface area contributed by atoms with Crippen LogP contribution in [0.25, 0.3) is 0 Å². The number of hydrogen-bond donors (Lipinski definition) is 2. The van der Waals surface area contributed by atoms with Crippen molar-refractivity contribution in [2.75, 3.05) is 0 Å². The number of aryl methyl sites for hydroxylation is 1. The maximum Gasteiger partial charge on any atom is 0.305 e. The van der Waals surface area contributed by atoms with E-state index in [1.807, 2.05) is 0 Å². The third-order valence-electron chi connectivity index (χ3n) is 3.18. The first-order chi connectivity index (χ1) is 9.72. The van der Waals surface area contributed by atoms with Crippen molar-refractivity contribution in [2.24, 2.45) is 5.92 Å². The number of carboxylic acids is 1. The molecule has 0 saturated heterocycles. The van der Waals surface area contributed by atoms with Gasteiger partial charge in [0.1, 0.15) is 0 Å². The van der Waals surface area contributed by atoms with Crippen molar-refractivity contribution in [3.8, 4) is 0 Å². The lowest BCUT2D eigenvalue weighted by molar-refractivity contribution is -0.385. The molecule has 1 amide bonds. The van der Waals surface area contributed by atoms with E-state index < -0.39 is 22.8 Å². The molecule has 1 atom stereocenters. The summed E-state index contributed by atoms with van der Waals surface area (Å²) in [4.78, 5) is 33.2. The molecule has 2 N–H and O–H groups in total. The van der Waals surface area contributed by atoms with Gasteiger partial charge in [0, 0.05) is 23.2 Å². The molecule has 0 aliphatic rings. The molecule has 1 aromatic rings. The van der Waals surface area contributed by atoms with Gasteiger partial charge in [-0.3, -0.25) is 19.7 Å². The average Bonchev–Trinajstić information content (AvgIpc) is 2.37. The Morgan fingerprint density at radius 2 is 2.00 bits per heavy atom. The van der Waals surface area contributed by atoms with Gasteiger partial charge in [-0.1, -0.05) is 19.9 Å². The van der Waals surface area contributed by atoms with E-state index in [-0.39, 0.29) is 23.6 Å². The number of carboxylic acid groups (broad SMARTS) is 1. The molecule has 0 heterocycles. The Morgan fingerprint density at radius 1 is 1.38 bits per heavy atom. The van der Waals surface area contributed by atoms with Crippen LogP contribution >= 0.6 is 0 Å². The molecule has 114 valence electrons. The highest BCUT2D eigenvalue weighted by Gasteiger charge is 2.21. The van der Waals surface area contributed by atoms with Gasteiger partial charge >= 0.3 is 5.97 Å². The van der Waals surface area contributed by atoms with Crippen LogP contribution in [0.15, 0.2) is 18.2 Å². The molecule has 1 rings (SSSR count). The highest BCUT2D eigenvalue weighted by Crippen LogP contribution is 2.19. The summed E-state index contributed by atoms with van der Waals surface area (Å²) >= 11 is 0. The predicted molar refractivity (Wildman–Crippen MR) is 76.2 cm³/mol. The molecule has 0 radical (unpaired) electrons. The summed E-state index contributed by atoms with van der Waals surface area (Å²) in [6, 6.07) is 3.64. The standard InChI is InChI=1S/C14H18N2O5/c1-8(2)11(7-13(17)18)15-14(19)10-5-4-9(3)12(6-10)16(20)21/h4-6,8,11H,7H2,1-3H3,(H,15,19)(H,17,18). The molecule has 1 aromatic carbocycles. The summed E-state index contributed by atoms with van der Waals surface area (Å²) in [5.74, 6) is -1.59. The molecule has 0 aromatic heterocycles. The van der Waals surface area contributed by atoms with Crippen molar-refractivity contribution in [3.05, 3.63) is 39.4 Å². The number of rotatable bonds is 6. The van der Waals surface area contributed by atoms with Crippen LogP contribution < -0.4 is 5.32 Å². The highest BCUT2D eigenvalue weighted by atomic mass is 16.6. The average molecular weight is 294 g/mol. The van der Waals surface area contributed by atoms with Crippen LogP contribution in [0.4, 0.5) is 5.69 Å². The van der Waals surface area contributed by atoms with E-state index in [2.05, 4.69) is 5.32 Å². The number of nitrogens with zero attached hydrogens (tertiary/aromatic N) is 1. The van der Waals surface area contributed by atoms with Crippen molar-refractivity contribution in [2.45, 2.75) is 33.2 Å². The summed E-state index contributed by atoms with van der Waals surface area (Å²) in [6.07, 6.45) is -0.197. The monoisotopic (exact) mass is 294 g/mol. The smallest absolute Gasteiger partial charge is 0.305 e. The number of aliphatic carboxylic acids is 1. The van der Waals surface area contributed by atoms with E-state index in [1.165, 1.54) is 18.2 Å². The Kier molecular flexibility index (Phi) is 5.40. The number of hydrogen-bond acceptors (Lipinski definition) is 4. The lowest BCUT2D eigenvalue weighted by atomic mass is 10.00. The van der Waals surface area contributed by atoms with Gasteiger partial charge in [-0.25, -0.2) is 0 Å². The third-order valence-corrected chi connectivity index (χ3v) is 3.18. The molecule has 0 bridgehead atoms. The van der Waals surface area contributed by atoms with E-state index >= 15 is 0 Å². The first-order valence-corrected chi connectivity index (χ1v) is 6.50. The number of amides is 1. The molecular formula is C14H18N2O5. The third kappa shape index (κ3) is 4.55. The number of nitro benzene ring substituents is 1. The molecular weight excluding hydrogens is 276 g/mol. The minimum atomic E-state index is -1.01. The van der Waals surface area contributed by atoms with Crippen molar-refractivity contribution in [3.63, 3.8) is 0 Å². The summed E-state index contributed by atoms with van der Waals surface area (Å²) in [5.41, 5.74) is 0.466. The maximum absolute atomic E-state index is 12.1. The summed E-state index contributed by atoms with van der Waals surface area (Å²) < 4.78 is 0. The predicted octanol–water partition coefficient (Wildman–Crippen LogP) is 2.13. The number of carbonyl (C=O) groups excluding carboxylic acids is 1. The quantitative estimate of drug-likeness (QED) is 0.617. The number of carbonyl (C=O) groups is 2. The first-order valence-electron chi connectivity index (χ1n) is 6.50. The fourth-order valence-corrected chi connectivity index (χ4v) is 1.84. The van der Waals surface area contributed by atoms with Crippen LogP contribution in [0.5, 0.6) is 0 Å². The first kappa shape index (κ1) is 16.6. The van der Waals surface area contributed by atoms with Crippen molar-refractivity contribution >= 4 is 17.6 Å². The minimum absolute atomic E-state index is 0.0644. The molecule has 0 aliphatic carbocycles. The summed E-state index contributed by atoms with van der Waals surface area (Å²) in [6.45, 7) is 5.18. The Hall–Kier alpha value is -2.44. The SMILES string of the molecule is Cc1ccc(C(=O)NC(CC(=O)O)C(C)C)cc1[N+](=O)[O-]. The normalized spacial score (nSPS) is 12.0. The van der Waals surface area contributed by atoms with Gasteiger partial charge in [0.25, 0.3) is 11.6 Å². The molecule has 21 heavy (non-hydrogen) atoms. The summed E-state index contributed by atoms with van der Waals surface area (Å²) in [5, 5.41) is 22.3. The lowest BCUT2D eigenvalue weighted by Crippen LogP contribution is -2.40. The van der Waals surface area contributed by atoms with Crippen molar-refractivity contribution in [1.29, 1.82) is 0 Å². The van der Waals surface area contributed by atoms with Crippen molar-refractivity contribution < 1.29 is 19.6 Å². The van der Waals surface area contributed by atoms with Crippen LogP contribution in [0, 0.1) is 23.0 Å². The largest absolute Gasteiger partial charge is 0.481 e. The molecule has 1 unspecified atom stereocenters. The van der Waals surface area contributed by atoms with Gasteiger partial charge in [0.2, 0.25) is 0 Å². The van der Waals surface area contributed by atoms with Crippen LogP contribution in [0.3, 0.4) is 0 Å². The van der Waals surface area contributed by atoms with Gasteiger partial charge in [-0.15, -0.1) is 0 Å². The minimum Gasteiger partial charge on any atom is -0.481 e. The van der Waals surface area contributed by atoms with E-state index in [0.29, 0.717) is 5.56 Å². The van der Waals surface area contributed by atoms with Crippen LogP contribution in [0.1, 0.15) is 36.2 Å². The van der Waals surface area contributed by atoms with E-state index in [1.54, 1.807) is 20.8 Å². The highest BCUT2D eigenvalue weighted by molar-refractivity contribution is 5.95. The van der Waals surface area contributed by atoms with E-state index in [0.717, 1.165) is 0 Å². The molecule has 0 fully saturated rings. The maximum atomic E-state index is 12.1.